The molecule has 3 rings (SSSR count). The topological polar surface area (TPSA) is 9.23 Å². The van der Waals surface area contributed by atoms with Gasteiger partial charge in [0.25, 0.3) is 0 Å². The molecule has 0 saturated carbocycles. The number of ether oxygens (including phenoxy) is 1. The quantitative estimate of drug-likeness (QED) is 0.725. The first-order chi connectivity index (χ1) is 7.90. The van der Waals surface area contributed by atoms with E-state index in [0.29, 0.717) is 0 Å². The van der Waals surface area contributed by atoms with Crippen LogP contribution in [0.5, 0.6) is 5.75 Å². The van der Waals surface area contributed by atoms with Gasteiger partial charge in [0.1, 0.15) is 5.75 Å². The maximum absolute atomic E-state index is 5.61. The first kappa shape index (κ1) is 9.71. The Labute approximate surface area is 96.4 Å². The van der Waals surface area contributed by atoms with Crippen LogP contribution in [0.4, 0.5) is 0 Å². The summed E-state index contributed by atoms with van der Waals surface area (Å²) < 4.78 is 5.61. The molecule has 1 aliphatic heterocycles. The molecule has 1 heteroatoms. The van der Waals surface area contributed by atoms with Gasteiger partial charge in [-0.25, -0.2) is 0 Å². The van der Waals surface area contributed by atoms with Crippen LogP contribution in [0.1, 0.15) is 38.2 Å². The van der Waals surface area contributed by atoms with Gasteiger partial charge in [0.2, 0.25) is 0 Å². The fourth-order valence-electron chi connectivity index (χ4n) is 2.51. The van der Waals surface area contributed by atoms with Crippen LogP contribution < -0.4 is 4.74 Å². The van der Waals surface area contributed by atoms with E-state index in [1.165, 1.54) is 36.0 Å². The summed E-state index contributed by atoms with van der Waals surface area (Å²) in [4.78, 5) is 0. The van der Waals surface area contributed by atoms with Gasteiger partial charge in [-0.1, -0.05) is 37.1 Å². The molecule has 0 amide bonds. The Kier molecular flexibility index (Phi) is 2.32. The minimum absolute atomic E-state index is 1.01. The van der Waals surface area contributed by atoms with Crippen molar-refractivity contribution in [2.75, 3.05) is 0 Å². The molecule has 16 heavy (non-hydrogen) atoms. The number of allylic oxidation sites excluding steroid dienone is 3. The van der Waals surface area contributed by atoms with E-state index in [1.54, 1.807) is 5.57 Å². The standard InChI is InChI=1S/C15H16O/c1-2-3-6-11-9-12-10-16-14-8-5-4-7-13(14)15(11)12/h4-5,7-8,10H,2-3,6,9H2,1H3. The van der Waals surface area contributed by atoms with Gasteiger partial charge in [0.05, 0.1) is 6.26 Å². The highest BCUT2D eigenvalue weighted by molar-refractivity contribution is 5.91. The first-order valence-electron chi connectivity index (χ1n) is 6.07. The predicted octanol–water partition coefficient (Wildman–Crippen LogP) is 4.31. The van der Waals surface area contributed by atoms with Crippen molar-refractivity contribution in [1.82, 2.24) is 0 Å². The van der Waals surface area contributed by atoms with Crippen molar-refractivity contribution < 1.29 is 4.74 Å². The summed E-state index contributed by atoms with van der Waals surface area (Å²) in [6, 6.07) is 8.34. The number of para-hydroxylation sites is 1. The zero-order valence-corrected chi connectivity index (χ0v) is 9.62. The van der Waals surface area contributed by atoms with Crippen LogP contribution >= 0.6 is 0 Å². The minimum Gasteiger partial charge on any atom is -0.464 e. The largest absolute Gasteiger partial charge is 0.464 e. The molecule has 1 aromatic rings. The predicted molar refractivity (Wildman–Crippen MR) is 66.2 cm³/mol. The molecule has 1 nitrogen and oxygen atoms in total. The Morgan fingerprint density at radius 2 is 2.12 bits per heavy atom. The molecule has 82 valence electrons. The van der Waals surface area contributed by atoms with E-state index >= 15 is 0 Å². The van der Waals surface area contributed by atoms with Gasteiger partial charge < -0.3 is 4.74 Å². The lowest BCUT2D eigenvalue weighted by Crippen LogP contribution is -2.13. The van der Waals surface area contributed by atoms with Crippen molar-refractivity contribution in [2.24, 2.45) is 0 Å². The van der Waals surface area contributed by atoms with Crippen LogP contribution in [0.15, 0.2) is 41.7 Å². The number of hydrogen-bond donors (Lipinski definition) is 0. The second kappa shape index (κ2) is 3.82. The Hall–Kier alpha value is -1.50. The summed E-state index contributed by atoms with van der Waals surface area (Å²) in [5, 5.41) is 0. The second-order valence-corrected chi connectivity index (χ2v) is 4.52. The molecule has 1 aromatic carbocycles. The molecule has 0 bridgehead atoms. The van der Waals surface area contributed by atoms with Gasteiger partial charge in [0, 0.05) is 5.56 Å². The van der Waals surface area contributed by atoms with Gasteiger partial charge in [0.15, 0.2) is 0 Å². The normalized spacial score (nSPS) is 16.9. The van der Waals surface area contributed by atoms with E-state index in [9.17, 15) is 0 Å². The third-order valence-corrected chi connectivity index (χ3v) is 3.40. The molecular weight excluding hydrogens is 196 g/mol. The average molecular weight is 212 g/mol. The molecule has 0 aromatic heterocycles. The fraction of sp³-hybridized carbons (Fsp3) is 0.333. The summed E-state index contributed by atoms with van der Waals surface area (Å²) in [6.07, 6.45) is 6.87. The highest BCUT2D eigenvalue weighted by Gasteiger charge is 2.29. The molecule has 0 N–H and O–H groups in total. The van der Waals surface area contributed by atoms with E-state index in [-0.39, 0.29) is 0 Å². The molecule has 0 saturated heterocycles. The van der Waals surface area contributed by atoms with Crippen molar-refractivity contribution in [2.45, 2.75) is 32.6 Å². The molecule has 1 aliphatic carbocycles. The smallest absolute Gasteiger partial charge is 0.134 e. The summed E-state index contributed by atoms with van der Waals surface area (Å²) in [6.45, 7) is 2.25. The van der Waals surface area contributed by atoms with Gasteiger partial charge >= 0.3 is 0 Å². The Morgan fingerprint density at radius 3 is 3.00 bits per heavy atom. The maximum atomic E-state index is 5.61. The van der Waals surface area contributed by atoms with Crippen molar-refractivity contribution in [3.05, 3.63) is 47.2 Å². The monoisotopic (exact) mass is 212 g/mol. The Morgan fingerprint density at radius 1 is 1.25 bits per heavy atom. The lowest BCUT2D eigenvalue weighted by atomic mass is 9.76. The molecule has 0 spiro atoms. The van der Waals surface area contributed by atoms with Gasteiger partial charge in [-0.3, -0.25) is 0 Å². The van der Waals surface area contributed by atoms with Crippen LogP contribution in [0.2, 0.25) is 0 Å². The molecule has 2 aliphatic rings. The van der Waals surface area contributed by atoms with Crippen molar-refractivity contribution in [1.29, 1.82) is 0 Å². The number of rotatable bonds is 3. The average Bonchev–Trinajstić information content (AvgIpc) is 2.29. The number of unbranched alkanes of at least 4 members (excludes halogenated alkanes) is 1. The highest BCUT2D eigenvalue weighted by Crippen LogP contribution is 2.48. The van der Waals surface area contributed by atoms with E-state index in [0.717, 1.165) is 12.2 Å². The SMILES string of the molecule is CCCCC1=C2C(=COc3ccccc32)C1. The van der Waals surface area contributed by atoms with Crippen LogP contribution in [0.3, 0.4) is 0 Å². The maximum Gasteiger partial charge on any atom is 0.134 e. The zero-order chi connectivity index (χ0) is 11.0. The van der Waals surface area contributed by atoms with Crippen LogP contribution in [0, 0.1) is 0 Å². The molecule has 1 heterocycles. The Bertz CT molecular complexity index is 480. The van der Waals surface area contributed by atoms with Crippen molar-refractivity contribution in [3.63, 3.8) is 0 Å². The summed E-state index contributed by atoms with van der Waals surface area (Å²) in [5.74, 6) is 1.01. The minimum atomic E-state index is 1.01. The van der Waals surface area contributed by atoms with Gasteiger partial charge in [-0.2, -0.15) is 0 Å². The van der Waals surface area contributed by atoms with E-state index in [1.807, 2.05) is 18.4 Å². The van der Waals surface area contributed by atoms with Crippen LogP contribution in [0.25, 0.3) is 5.57 Å². The molecular formula is C15H16O. The zero-order valence-electron chi connectivity index (χ0n) is 9.62. The number of benzene rings is 1. The summed E-state index contributed by atoms with van der Waals surface area (Å²) in [5.41, 5.74) is 5.75. The van der Waals surface area contributed by atoms with E-state index < -0.39 is 0 Å². The number of fused-ring (bicyclic) bond motifs is 3. The molecule has 0 atom stereocenters. The van der Waals surface area contributed by atoms with Gasteiger partial charge in [-0.05, 0) is 36.5 Å². The summed E-state index contributed by atoms with van der Waals surface area (Å²) in [7, 11) is 0. The van der Waals surface area contributed by atoms with Gasteiger partial charge in [-0.15, -0.1) is 0 Å². The van der Waals surface area contributed by atoms with Crippen LogP contribution in [-0.2, 0) is 0 Å². The van der Waals surface area contributed by atoms with Crippen LogP contribution in [-0.4, -0.2) is 0 Å². The molecule has 0 radical (unpaired) electrons. The van der Waals surface area contributed by atoms with E-state index in [2.05, 4.69) is 19.1 Å². The molecule has 0 fully saturated rings. The Balaban J connectivity index is 1.99. The second-order valence-electron chi connectivity index (χ2n) is 4.52. The molecule has 0 unspecified atom stereocenters. The third kappa shape index (κ3) is 1.39. The number of hydrogen-bond acceptors (Lipinski definition) is 1. The lowest BCUT2D eigenvalue weighted by molar-refractivity contribution is 0.465. The summed E-state index contributed by atoms with van der Waals surface area (Å²) >= 11 is 0. The first-order valence-corrected chi connectivity index (χ1v) is 6.07. The highest BCUT2D eigenvalue weighted by atomic mass is 16.5. The van der Waals surface area contributed by atoms with Crippen molar-refractivity contribution in [3.8, 4) is 5.75 Å². The third-order valence-electron chi connectivity index (χ3n) is 3.40. The fourth-order valence-corrected chi connectivity index (χ4v) is 2.51. The lowest BCUT2D eigenvalue weighted by Gasteiger charge is -2.31. The van der Waals surface area contributed by atoms with Crippen molar-refractivity contribution >= 4 is 5.57 Å². The van der Waals surface area contributed by atoms with E-state index in [4.69, 9.17) is 4.74 Å².